The van der Waals surface area contributed by atoms with Gasteiger partial charge in [-0.15, -0.1) is 0 Å². The Bertz CT molecular complexity index is 464. The Labute approximate surface area is 124 Å². The van der Waals surface area contributed by atoms with Crippen LogP contribution in [-0.4, -0.2) is 36.9 Å². The van der Waals surface area contributed by atoms with E-state index >= 15 is 0 Å². The lowest BCUT2D eigenvalue weighted by atomic mass is 10.2. The Hall–Kier alpha value is -0.590. The molecule has 1 aromatic carbocycles. The fourth-order valence-corrected chi connectivity index (χ4v) is 3.49. The second-order valence-electron chi connectivity index (χ2n) is 4.22. The third-order valence-electron chi connectivity index (χ3n) is 2.75. The first-order chi connectivity index (χ1) is 9.20. The SMILES string of the molecule is COCCS(=O)Cc1cc2c(cc1Br)OCCCO2. The van der Waals surface area contributed by atoms with E-state index in [1.54, 1.807) is 7.11 Å². The summed E-state index contributed by atoms with van der Waals surface area (Å²) < 4.78 is 29.0. The summed E-state index contributed by atoms with van der Waals surface area (Å²) >= 11 is 3.50. The molecule has 6 heteroatoms. The molecule has 0 spiro atoms. The summed E-state index contributed by atoms with van der Waals surface area (Å²) in [4.78, 5) is 0. The molecule has 0 fully saturated rings. The molecule has 0 saturated carbocycles. The van der Waals surface area contributed by atoms with E-state index in [1.165, 1.54) is 0 Å². The minimum absolute atomic E-state index is 0.487. The van der Waals surface area contributed by atoms with Gasteiger partial charge in [-0.25, -0.2) is 0 Å². The van der Waals surface area contributed by atoms with Gasteiger partial charge in [0.05, 0.1) is 19.8 Å². The molecule has 4 nitrogen and oxygen atoms in total. The highest BCUT2D eigenvalue weighted by Crippen LogP contribution is 2.35. The maximum absolute atomic E-state index is 11.9. The Kier molecular flexibility index (Phi) is 5.66. The average molecular weight is 349 g/mol. The number of methoxy groups -OCH3 is 1. The predicted octanol–water partition coefficient (Wildman–Crippen LogP) is 2.51. The van der Waals surface area contributed by atoms with Crippen molar-refractivity contribution in [2.45, 2.75) is 12.2 Å². The van der Waals surface area contributed by atoms with E-state index in [0.29, 0.717) is 31.3 Å². The zero-order valence-electron chi connectivity index (χ0n) is 10.8. The van der Waals surface area contributed by atoms with Crippen LogP contribution in [0.5, 0.6) is 11.5 Å². The Morgan fingerprint density at radius 1 is 1.32 bits per heavy atom. The molecule has 0 radical (unpaired) electrons. The van der Waals surface area contributed by atoms with Crippen LogP contribution in [-0.2, 0) is 21.3 Å². The molecule has 0 N–H and O–H groups in total. The van der Waals surface area contributed by atoms with Crippen molar-refractivity contribution < 1.29 is 18.4 Å². The van der Waals surface area contributed by atoms with Gasteiger partial charge in [0.25, 0.3) is 0 Å². The highest BCUT2D eigenvalue weighted by molar-refractivity contribution is 9.10. The zero-order chi connectivity index (χ0) is 13.7. The fraction of sp³-hybridized carbons (Fsp3) is 0.538. The lowest BCUT2D eigenvalue weighted by Gasteiger charge is -2.11. The number of benzene rings is 1. The van der Waals surface area contributed by atoms with E-state index in [-0.39, 0.29) is 0 Å². The van der Waals surface area contributed by atoms with Gasteiger partial charge in [0.2, 0.25) is 0 Å². The number of hydrogen-bond acceptors (Lipinski definition) is 4. The van der Waals surface area contributed by atoms with Gasteiger partial charge in [0.15, 0.2) is 11.5 Å². The summed E-state index contributed by atoms with van der Waals surface area (Å²) in [6.45, 7) is 1.83. The van der Waals surface area contributed by atoms with Crippen molar-refractivity contribution in [3.63, 3.8) is 0 Å². The van der Waals surface area contributed by atoms with Gasteiger partial charge in [-0.05, 0) is 17.7 Å². The fourth-order valence-electron chi connectivity index (χ4n) is 1.76. The number of rotatable bonds is 5. The van der Waals surface area contributed by atoms with Crippen LogP contribution in [0, 0.1) is 0 Å². The molecule has 2 rings (SSSR count). The number of halogens is 1. The number of fused-ring (bicyclic) bond motifs is 1. The molecule has 1 aliphatic rings. The Morgan fingerprint density at radius 3 is 2.68 bits per heavy atom. The molecule has 0 amide bonds. The minimum atomic E-state index is -0.938. The largest absolute Gasteiger partial charge is 0.490 e. The number of ether oxygens (including phenoxy) is 3. The average Bonchev–Trinajstić information content (AvgIpc) is 2.62. The lowest BCUT2D eigenvalue weighted by Crippen LogP contribution is -2.07. The van der Waals surface area contributed by atoms with E-state index in [4.69, 9.17) is 14.2 Å². The summed E-state index contributed by atoms with van der Waals surface area (Å²) in [6, 6.07) is 3.80. The summed E-state index contributed by atoms with van der Waals surface area (Å²) in [5.41, 5.74) is 0.971. The van der Waals surface area contributed by atoms with Crippen molar-refractivity contribution in [3.8, 4) is 11.5 Å². The highest BCUT2D eigenvalue weighted by atomic mass is 79.9. The lowest BCUT2D eigenvalue weighted by molar-refractivity contribution is 0.218. The smallest absolute Gasteiger partial charge is 0.162 e. The van der Waals surface area contributed by atoms with E-state index in [0.717, 1.165) is 28.0 Å². The van der Waals surface area contributed by atoms with E-state index in [2.05, 4.69) is 15.9 Å². The molecule has 1 unspecified atom stereocenters. The van der Waals surface area contributed by atoms with Crippen molar-refractivity contribution in [1.82, 2.24) is 0 Å². The first kappa shape index (κ1) is 14.8. The van der Waals surface area contributed by atoms with Crippen LogP contribution >= 0.6 is 15.9 Å². The highest BCUT2D eigenvalue weighted by Gasteiger charge is 2.15. The van der Waals surface area contributed by atoms with Crippen molar-refractivity contribution in [3.05, 3.63) is 22.2 Å². The number of hydrogen-bond donors (Lipinski definition) is 0. The summed E-state index contributed by atoms with van der Waals surface area (Å²) in [6.07, 6.45) is 0.876. The van der Waals surface area contributed by atoms with Crippen molar-refractivity contribution in [2.75, 3.05) is 32.7 Å². The monoisotopic (exact) mass is 348 g/mol. The molecule has 1 atom stereocenters. The molecule has 0 aromatic heterocycles. The second-order valence-corrected chi connectivity index (χ2v) is 6.65. The van der Waals surface area contributed by atoms with Gasteiger partial charge in [-0.1, -0.05) is 15.9 Å². The van der Waals surface area contributed by atoms with Gasteiger partial charge >= 0.3 is 0 Å². The van der Waals surface area contributed by atoms with Crippen LogP contribution in [0.15, 0.2) is 16.6 Å². The molecule has 106 valence electrons. The van der Waals surface area contributed by atoms with Gasteiger partial charge in [0, 0.05) is 40.3 Å². The van der Waals surface area contributed by atoms with Crippen LogP contribution in [0.4, 0.5) is 0 Å². The van der Waals surface area contributed by atoms with Crippen LogP contribution in [0.2, 0.25) is 0 Å². The standard InChI is InChI=1S/C13H17BrO4S/c1-16-5-6-19(15)9-10-7-12-13(8-11(10)14)18-4-2-3-17-12/h7-8H,2-6,9H2,1H3. The van der Waals surface area contributed by atoms with Gasteiger partial charge in [-0.2, -0.15) is 0 Å². The maximum atomic E-state index is 11.9. The third-order valence-corrected chi connectivity index (χ3v) is 4.74. The summed E-state index contributed by atoms with van der Waals surface area (Å²) in [7, 11) is 0.674. The van der Waals surface area contributed by atoms with E-state index in [9.17, 15) is 4.21 Å². The molecule has 19 heavy (non-hydrogen) atoms. The maximum Gasteiger partial charge on any atom is 0.162 e. The molecule has 0 aliphatic carbocycles. The quantitative estimate of drug-likeness (QED) is 0.819. The molecular weight excluding hydrogens is 332 g/mol. The van der Waals surface area contributed by atoms with Crippen molar-refractivity contribution in [1.29, 1.82) is 0 Å². The van der Waals surface area contributed by atoms with Crippen LogP contribution < -0.4 is 9.47 Å². The summed E-state index contributed by atoms with van der Waals surface area (Å²) in [5.74, 6) is 2.51. The van der Waals surface area contributed by atoms with E-state index in [1.807, 2.05) is 12.1 Å². The van der Waals surface area contributed by atoms with E-state index < -0.39 is 10.8 Å². The normalized spacial score (nSPS) is 15.9. The molecule has 0 saturated heterocycles. The van der Waals surface area contributed by atoms with Crippen LogP contribution in [0.1, 0.15) is 12.0 Å². The first-order valence-corrected chi connectivity index (χ1v) is 8.40. The molecule has 1 aliphatic heterocycles. The topological polar surface area (TPSA) is 44.8 Å². The summed E-state index contributed by atoms with van der Waals surface area (Å²) in [5, 5.41) is 0. The van der Waals surface area contributed by atoms with Crippen LogP contribution in [0.3, 0.4) is 0 Å². The van der Waals surface area contributed by atoms with Gasteiger partial charge in [0.1, 0.15) is 0 Å². The minimum Gasteiger partial charge on any atom is -0.490 e. The van der Waals surface area contributed by atoms with Gasteiger partial charge < -0.3 is 14.2 Å². The Balaban J connectivity index is 2.12. The van der Waals surface area contributed by atoms with Crippen molar-refractivity contribution >= 4 is 26.7 Å². The first-order valence-electron chi connectivity index (χ1n) is 6.12. The molecule has 1 heterocycles. The Morgan fingerprint density at radius 2 is 2.00 bits per heavy atom. The molecule has 1 aromatic rings. The van der Waals surface area contributed by atoms with Gasteiger partial charge in [-0.3, -0.25) is 4.21 Å². The molecule has 0 bridgehead atoms. The van der Waals surface area contributed by atoms with Crippen LogP contribution in [0.25, 0.3) is 0 Å². The predicted molar refractivity (Wildman–Crippen MR) is 78.3 cm³/mol. The third kappa shape index (κ3) is 4.19. The zero-order valence-corrected chi connectivity index (χ0v) is 13.2. The second kappa shape index (κ2) is 7.26. The molecular formula is C13H17BrO4S. The van der Waals surface area contributed by atoms with Crippen molar-refractivity contribution in [2.24, 2.45) is 0 Å².